The molecule has 0 spiro atoms. The third-order valence-electron chi connectivity index (χ3n) is 1.57. The van der Waals surface area contributed by atoms with Crippen LogP contribution in [0.4, 0.5) is 12.0 Å². The molecule has 0 bridgehead atoms. The number of aromatic nitrogens is 2. The van der Waals surface area contributed by atoms with Gasteiger partial charge in [-0.25, -0.2) is 0 Å². The lowest BCUT2D eigenvalue weighted by Gasteiger charge is -2.09. The molecule has 0 aromatic carbocycles. The van der Waals surface area contributed by atoms with Gasteiger partial charge < -0.3 is 15.5 Å². The van der Waals surface area contributed by atoms with Crippen LogP contribution in [0.2, 0.25) is 0 Å². The summed E-state index contributed by atoms with van der Waals surface area (Å²) in [6, 6.07) is 0.818. The number of nitrogens with one attached hydrogen (secondary N) is 1. The van der Waals surface area contributed by atoms with Crippen molar-refractivity contribution in [3.8, 4) is 0 Å². The van der Waals surface area contributed by atoms with E-state index in [4.69, 9.17) is 10.2 Å². The molecule has 0 fully saturated rings. The second-order valence-electron chi connectivity index (χ2n) is 2.77. The first-order chi connectivity index (χ1) is 6.22. The topological polar surface area (TPSA) is 77.0 Å². The van der Waals surface area contributed by atoms with Crippen LogP contribution in [0.3, 0.4) is 0 Å². The fourth-order valence-electron chi connectivity index (χ4n) is 0.870. The van der Waals surface area contributed by atoms with E-state index in [2.05, 4.69) is 28.7 Å². The van der Waals surface area contributed by atoms with Crippen LogP contribution in [0, 0.1) is 0 Å². The van der Waals surface area contributed by atoms with Crippen LogP contribution in [0.1, 0.15) is 13.3 Å². The fraction of sp³-hybridized carbons (Fsp3) is 0.714. The Morgan fingerprint density at radius 1 is 1.62 bits per heavy atom. The molecule has 0 amide bonds. The van der Waals surface area contributed by atoms with E-state index >= 15 is 0 Å². The summed E-state index contributed by atoms with van der Waals surface area (Å²) in [5, 5.41) is 10.3. The molecule has 1 heterocycles. The van der Waals surface area contributed by atoms with Crippen molar-refractivity contribution < 1.29 is 4.42 Å². The van der Waals surface area contributed by atoms with Gasteiger partial charge in [0.15, 0.2) is 0 Å². The second kappa shape index (κ2) is 4.96. The van der Waals surface area contributed by atoms with Gasteiger partial charge in [-0.15, -0.1) is 0 Å². The molecule has 1 atom stereocenters. The van der Waals surface area contributed by atoms with Crippen LogP contribution < -0.4 is 11.1 Å². The maximum Gasteiger partial charge on any atom is 0.317 e. The van der Waals surface area contributed by atoms with Gasteiger partial charge in [-0.2, -0.15) is 11.8 Å². The third kappa shape index (κ3) is 3.54. The van der Waals surface area contributed by atoms with E-state index < -0.39 is 0 Å². The van der Waals surface area contributed by atoms with E-state index in [9.17, 15) is 0 Å². The summed E-state index contributed by atoms with van der Waals surface area (Å²) < 4.78 is 4.97. The van der Waals surface area contributed by atoms with Crippen molar-refractivity contribution in [2.24, 2.45) is 0 Å². The highest BCUT2D eigenvalue weighted by Crippen LogP contribution is 2.10. The van der Waals surface area contributed by atoms with Crippen LogP contribution in [-0.4, -0.2) is 28.2 Å². The molecule has 0 aliphatic rings. The molecule has 1 aromatic rings. The van der Waals surface area contributed by atoms with E-state index in [0.717, 1.165) is 12.2 Å². The molecule has 1 aromatic heterocycles. The van der Waals surface area contributed by atoms with Crippen LogP contribution in [-0.2, 0) is 0 Å². The number of hydrogen-bond donors (Lipinski definition) is 2. The molecule has 74 valence electrons. The Kier molecular flexibility index (Phi) is 3.88. The predicted molar refractivity (Wildman–Crippen MR) is 54.8 cm³/mol. The summed E-state index contributed by atoms with van der Waals surface area (Å²) in [4.78, 5) is 0. The quantitative estimate of drug-likeness (QED) is 0.747. The van der Waals surface area contributed by atoms with Gasteiger partial charge >= 0.3 is 12.0 Å². The van der Waals surface area contributed by atoms with Crippen molar-refractivity contribution in [3.05, 3.63) is 0 Å². The molecular formula is C7H14N4OS. The first-order valence-corrected chi connectivity index (χ1v) is 5.46. The minimum Gasteiger partial charge on any atom is -0.390 e. The first kappa shape index (κ1) is 10.2. The van der Waals surface area contributed by atoms with Crippen LogP contribution in [0.25, 0.3) is 0 Å². The van der Waals surface area contributed by atoms with Crippen molar-refractivity contribution in [1.82, 2.24) is 10.2 Å². The highest BCUT2D eigenvalue weighted by atomic mass is 32.2. The lowest BCUT2D eigenvalue weighted by atomic mass is 10.3. The van der Waals surface area contributed by atoms with E-state index in [1.807, 2.05) is 11.8 Å². The van der Waals surface area contributed by atoms with E-state index in [1.54, 1.807) is 0 Å². The highest BCUT2D eigenvalue weighted by molar-refractivity contribution is 7.98. The van der Waals surface area contributed by atoms with Gasteiger partial charge in [0.25, 0.3) is 0 Å². The number of nitrogens with zero attached hydrogens (tertiary/aromatic N) is 2. The van der Waals surface area contributed by atoms with Crippen molar-refractivity contribution in [2.45, 2.75) is 19.4 Å². The number of hydrogen-bond acceptors (Lipinski definition) is 6. The normalized spacial score (nSPS) is 12.8. The summed E-state index contributed by atoms with van der Waals surface area (Å²) >= 11 is 1.81. The van der Waals surface area contributed by atoms with Gasteiger partial charge in [0.1, 0.15) is 0 Å². The second-order valence-corrected chi connectivity index (χ2v) is 3.76. The summed E-state index contributed by atoms with van der Waals surface area (Å²) in [6.07, 6.45) is 3.14. The first-order valence-electron chi connectivity index (χ1n) is 4.07. The van der Waals surface area contributed by atoms with Crippen molar-refractivity contribution in [2.75, 3.05) is 23.1 Å². The standard InChI is InChI=1S/C7H14N4OS/c1-5(3-4-13-2)9-7-11-10-6(8)12-7/h5H,3-4H2,1-2H3,(H2,8,10)(H,9,11). The lowest BCUT2D eigenvalue weighted by molar-refractivity contribution is 0.573. The number of rotatable bonds is 5. The predicted octanol–water partition coefficient (Wildman–Crippen LogP) is 1.21. The molecule has 0 aliphatic heterocycles. The molecule has 5 nitrogen and oxygen atoms in total. The van der Waals surface area contributed by atoms with E-state index in [0.29, 0.717) is 12.1 Å². The zero-order valence-corrected chi connectivity index (χ0v) is 8.60. The average Bonchev–Trinajstić information content (AvgIpc) is 2.48. The summed E-state index contributed by atoms with van der Waals surface area (Å²) in [6.45, 7) is 2.07. The Labute approximate surface area is 81.5 Å². The molecule has 13 heavy (non-hydrogen) atoms. The van der Waals surface area contributed by atoms with Crippen LogP contribution in [0.5, 0.6) is 0 Å². The SMILES string of the molecule is CSCCC(C)Nc1nnc(N)o1. The zero-order valence-electron chi connectivity index (χ0n) is 7.78. The number of thioether (sulfide) groups is 1. The van der Waals surface area contributed by atoms with Gasteiger partial charge in [-0.05, 0) is 25.4 Å². The van der Waals surface area contributed by atoms with Crippen LogP contribution in [0.15, 0.2) is 4.42 Å². The lowest BCUT2D eigenvalue weighted by Crippen LogP contribution is -2.16. The Morgan fingerprint density at radius 3 is 2.92 bits per heavy atom. The number of nitrogen functional groups attached to an aromatic ring is 1. The zero-order chi connectivity index (χ0) is 9.68. The molecule has 1 unspecified atom stereocenters. The van der Waals surface area contributed by atoms with Crippen molar-refractivity contribution >= 4 is 23.8 Å². The molecule has 0 radical (unpaired) electrons. The van der Waals surface area contributed by atoms with Crippen molar-refractivity contribution in [3.63, 3.8) is 0 Å². The molecule has 3 N–H and O–H groups in total. The number of anilines is 2. The average molecular weight is 202 g/mol. The Bertz CT molecular complexity index is 252. The maximum absolute atomic E-state index is 5.27. The summed E-state index contributed by atoms with van der Waals surface area (Å²) in [5.41, 5.74) is 5.27. The van der Waals surface area contributed by atoms with Gasteiger partial charge in [0, 0.05) is 6.04 Å². The molecular weight excluding hydrogens is 188 g/mol. The van der Waals surface area contributed by atoms with Crippen molar-refractivity contribution in [1.29, 1.82) is 0 Å². The highest BCUT2D eigenvalue weighted by Gasteiger charge is 2.06. The third-order valence-corrected chi connectivity index (χ3v) is 2.21. The maximum atomic E-state index is 5.27. The van der Waals surface area contributed by atoms with Gasteiger partial charge in [-0.3, -0.25) is 0 Å². The Hall–Kier alpha value is -0.910. The minimum absolute atomic E-state index is 0.0968. The molecule has 6 heteroatoms. The number of nitrogens with two attached hydrogens (primary N) is 1. The van der Waals surface area contributed by atoms with Gasteiger partial charge in [-0.1, -0.05) is 10.2 Å². The Balaban J connectivity index is 2.31. The van der Waals surface area contributed by atoms with Crippen LogP contribution >= 0.6 is 11.8 Å². The van der Waals surface area contributed by atoms with Gasteiger partial charge in [0.2, 0.25) is 0 Å². The molecule has 0 saturated heterocycles. The monoisotopic (exact) mass is 202 g/mol. The molecule has 0 aliphatic carbocycles. The van der Waals surface area contributed by atoms with E-state index in [-0.39, 0.29) is 6.01 Å². The fourth-order valence-corrected chi connectivity index (χ4v) is 1.46. The minimum atomic E-state index is 0.0968. The smallest absolute Gasteiger partial charge is 0.317 e. The van der Waals surface area contributed by atoms with Gasteiger partial charge in [0.05, 0.1) is 0 Å². The van der Waals surface area contributed by atoms with E-state index in [1.165, 1.54) is 0 Å². The molecule has 0 saturated carbocycles. The molecule has 1 rings (SSSR count). The summed E-state index contributed by atoms with van der Waals surface area (Å²) in [7, 11) is 0. The Morgan fingerprint density at radius 2 is 2.38 bits per heavy atom. The summed E-state index contributed by atoms with van der Waals surface area (Å²) in [5.74, 6) is 1.11. The largest absolute Gasteiger partial charge is 0.390 e.